The van der Waals surface area contributed by atoms with Crippen LogP contribution in [0, 0.1) is 0 Å². The fourth-order valence-corrected chi connectivity index (χ4v) is 3.67. The summed E-state index contributed by atoms with van der Waals surface area (Å²) in [6.45, 7) is 0.877. The smallest absolute Gasteiger partial charge is 0.0946 e. The molecule has 25 heavy (non-hydrogen) atoms. The SMILES string of the molecule is Clc1ccc(/C=C/C(Cn2ccnc2)SCc2ccc(Cl)cc2)cc1. The molecule has 1 aromatic heterocycles. The zero-order valence-corrected chi connectivity index (χ0v) is 15.9. The Morgan fingerprint density at radius 3 is 2.32 bits per heavy atom. The maximum absolute atomic E-state index is 5.96. The van der Waals surface area contributed by atoms with Crippen LogP contribution < -0.4 is 0 Å². The summed E-state index contributed by atoms with van der Waals surface area (Å²) in [6, 6.07) is 15.9. The Morgan fingerprint density at radius 1 is 1.00 bits per heavy atom. The molecule has 0 aliphatic heterocycles. The van der Waals surface area contributed by atoms with Crippen LogP contribution in [0.5, 0.6) is 0 Å². The van der Waals surface area contributed by atoms with Crippen LogP contribution in [0.15, 0.2) is 73.3 Å². The van der Waals surface area contributed by atoms with E-state index in [4.69, 9.17) is 23.2 Å². The first kappa shape index (κ1) is 18.1. The topological polar surface area (TPSA) is 17.8 Å². The fraction of sp³-hybridized carbons (Fsp3) is 0.150. The van der Waals surface area contributed by atoms with Crippen molar-refractivity contribution in [3.05, 3.63) is 94.5 Å². The van der Waals surface area contributed by atoms with Crippen molar-refractivity contribution in [1.82, 2.24) is 9.55 Å². The van der Waals surface area contributed by atoms with Gasteiger partial charge in [-0.05, 0) is 35.4 Å². The van der Waals surface area contributed by atoms with Crippen molar-refractivity contribution < 1.29 is 0 Å². The van der Waals surface area contributed by atoms with Crippen LogP contribution in [0.2, 0.25) is 10.0 Å². The van der Waals surface area contributed by atoms with Gasteiger partial charge in [-0.3, -0.25) is 0 Å². The van der Waals surface area contributed by atoms with Crippen molar-refractivity contribution in [1.29, 1.82) is 0 Å². The van der Waals surface area contributed by atoms with Crippen molar-refractivity contribution in [2.24, 2.45) is 0 Å². The molecule has 1 atom stereocenters. The molecule has 5 heteroatoms. The molecule has 0 amide bonds. The summed E-state index contributed by atoms with van der Waals surface area (Å²) in [5.41, 5.74) is 2.41. The van der Waals surface area contributed by atoms with E-state index in [0.717, 1.165) is 27.9 Å². The lowest BCUT2D eigenvalue weighted by Gasteiger charge is -2.13. The summed E-state index contributed by atoms with van der Waals surface area (Å²) in [5, 5.41) is 1.86. The number of hydrogen-bond acceptors (Lipinski definition) is 2. The number of imidazole rings is 1. The summed E-state index contributed by atoms with van der Waals surface area (Å²) in [4.78, 5) is 4.13. The third-order valence-corrected chi connectivity index (χ3v) is 5.44. The predicted octanol–water partition coefficient (Wildman–Crippen LogP) is 6.21. The quantitative estimate of drug-likeness (QED) is 0.478. The Hall–Kier alpha value is -1.68. The molecule has 1 heterocycles. The van der Waals surface area contributed by atoms with E-state index in [1.807, 2.05) is 66.9 Å². The largest absolute Gasteiger partial charge is 0.336 e. The summed E-state index contributed by atoms with van der Waals surface area (Å²) in [6.07, 6.45) is 10.0. The van der Waals surface area contributed by atoms with E-state index in [9.17, 15) is 0 Å². The average Bonchev–Trinajstić information content (AvgIpc) is 3.13. The fourth-order valence-electron chi connectivity index (χ4n) is 2.35. The lowest BCUT2D eigenvalue weighted by atomic mass is 10.2. The highest BCUT2D eigenvalue weighted by atomic mass is 35.5. The van der Waals surface area contributed by atoms with Crippen LogP contribution in [0.4, 0.5) is 0 Å². The van der Waals surface area contributed by atoms with Gasteiger partial charge in [0.15, 0.2) is 0 Å². The zero-order chi connectivity index (χ0) is 17.5. The first-order valence-electron chi connectivity index (χ1n) is 7.94. The molecule has 0 aliphatic carbocycles. The van der Waals surface area contributed by atoms with E-state index in [1.54, 1.807) is 0 Å². The van der Waals surface area contributed by atoms with Gasteiger partial charge < -0.3 is 4.57 Å². The number of halogens is 2. The molecule has 3 aromatic rings. The maximum atomic E-state index is 5.96. The summed E-state index contributed by atoms with van der Waals surface area (Å²) >= 11 is 13.8. The van der Waals surface area contributed by atoms with Crippen molar-refractivity contribution in [2.45, 2.75) is 17.5 Å². The van der Waals surface area contributed by atoms with Gasteiger partial charge in [0.1, 0.15) is 0 Å². The molecule has 1 unspecified atom stereocenters. The van der Waals surface area contributed by atoms with Crippen LogP contribution in [0.1, 0.15) is 11.1 Å². The number of rotatable bonds is 7. The first-order valence-corrected chi connectivity index (χ1v) is 9.75. The average molecular weight is 389 g/mol. The van der Waals surface area contributed by atoms with Gasteiger partial charge in [0.2, 0.25) is 0 Å². The number of hydrogen-bond donors (Lipinski definition) is 0. The monoisotopic (exact) mass is 388 g/mol. The molecule has 0 radical (unpaired) electrons. The third-order valence-electron chi connectivity index (χ3n) is 3.70. The minimum Gasteiger partial charge on any atom is -0.336 e. The molecule has 0 aliphatic rings. The van der Waals surface area contributed by atoms with E-state index in [-0.39, 0.29) is 0 Å². The summed E-state index contributed by atoms with van der Waals surface area (Å²) in [5.74, 6) is 0.932. The molecule has 0 bridgehead atoms. The molecule has 0 saturated heterocycles. The Bertz CT molecular complexity index is 797. The molecule has 128 valence electrons. The Morgan fingerprint density at radius 2 is 1.68 bits per heavy atom. The second kappa shape index (κ2) is 9.14. The van der Waals surface area contributed by atoms with Crippen molar-refractivity contribution in [2.75, 3.05) is 0 Å². The molecule has 0 N–H and O–H groups in total. The van der Waals surface area contributed by atoms with E-state index >= 15 is 0 Å². The van der Waals surface area contributed by atoms with Gasteiger partial charge in [-0.2, -0.15) is 0 Å². The summed E-state index contributed by atoms with van der Waals surface area (Å²) < 4.78 is 2.10. The van der Waals surface area contributed by atoms with Crippen molar-refractivity contribution in [3.8, 4) is 0 Å². The van der Waals surface area contributed by atoms with Gasteiger partial charge in [-0.15, -0.1) is 11.8 Å². The highest BCUT2D eigenvalue weighted by Crippen LogP contribution is 2.23. The highest BCUT2D eigenvalue weighted by Gasteiger charge is 2.07. The van der Waals surface area contributed by atoms with E-state index in [0.29, 0.717) is 5.25 Å². The molecular weight excluding hydrogens is 371 g/mol. The first-order chi connectivity index (χ1) is 12.2. The molecule has 0 saturated carbocycles. The van der Waals surface area contributed by atoms with Gasteiger partial charge in [0, 0.05) is 40.0 Å². The van der Waals surface area contributed by atoms with Crippen LogP contribution in [0.25, 0.3) is 6.08 Å². The van der Waals surface area contributed by atoms with E-state index in [1.165, 1.54) is 5.56 Å². The van der Waals surface area contributed by atoms with Crippen LogP contribution >= 0.6 is 35.0 Å². The lowest BCUT2D eigenvalue weighted by molar-refractivity contribution is 0.720. The van der Waals surface area contributed by atoms with Gasteiger partial charge in [0.05, 0.1) is 6.33 Å². The molecule has 2 nitrogen and oxygen atoms in total. The van der Waals surface area contributed by atoms with E-state index < -0.39 is 0 Å². The predicted molar refractivity (Wildman–Crippen MR) is 109 cm³/mol. The molecule has 0 fully saturated rings. The van der Waals surface area contributed by atoms with Gasteiger partial charge in [-0.1, -0.05) is 59.6 Å². The number of benzene rings is 2. The maximum Gasteiger partial charge on any atom is 0.0946 e. The van der Waals surface area contributed by atoms with Gasteiger partial charge in [0.25, 0.3) is 0 Å². The van der Waals surface area contributed by atoms with Crippen LogP contribution in [-0.4, -0.2) is 14.8 Å². The molecular formula is C20H18Cl2N2S. The Labute approximate surface area is 162 Å². The molecule has 3 rings (SSSR count). The zero-order valence-electron chi connectivity index (χ0n) is 13.6. The van der Waals surface area contributed by atoms with Gasteiger partial charge in [-0.25, -0.2) is 4.98 Å². The summed E-state index contributed by atoms with van der Waals surface area (Å²) in [7, 11) is 0. The van der Waals surface area contributed by atoms with Crippen molar-refractivity contribution >= 4 is 41.0 Å². The normalized spacial score (nSPS) is 12.6. The number of thioether (sulfide) groups is 1. The van der Waals surface area contributed by atoms with Gasteiger partial charge >= 0.3 is 0 Å². The van der Waals surface area contributed by atoms with E-state index in [2.05, 4.69) is 33.8 Å². The highest BCUT2D eigenvalue weighted by molar-refractivity contribution is 7.99. The van der Waals surface area contributed by atoms with Crippen LogP contribution in [0.3, 0.4) is 0 Å². The molecule has 0 spiro atoms. The minimum atomic E-state index is 0.334. The van der Waals surface area contributed by atoms with Crippen molar-refractivity contribution in [3.63, 3.8) is 0 Å². The number of nitrogens with zero attached hydrogens (tertiary/aromatic N) is 2. The van der Waals surface area contributed by atoms with Crippen LogP contribution in [-0.2, 0) is 12.3 Å². The second-order valence-corrected chi connectivity index (χ2v) is 7.75. The number of aromatic nitrogens is 2. The minimum absolute atomic E-state index is 0.334. The Balaban J connectivity index is 1.67. The standard InChI is InChI=1S/C20H18Cl2N2S/c21-18-6-1-16(2-7-18)5-10-20(13-24-12-11-23-15-24)25-14-17-3-8-19(22)9-4-17/h1-12,15,20H,13-14H2/b10-5+. The third kappa shape index (κ3) is 5.96. The Kier molecular flexibility index (Phi) is 6.62. The lowest BCUT2D eigenvalue weighted by Crippen LogP contribution is -2.09. The second-order valence-electron chi connectivity index (χ2n) is 5.65. The molecule has 2 aromatic carbocycles.